The monoisotopic (exact) mass is 381 g/mol. The van der Waals surface area contributed by atoms with Crippen LogP contribution in [0.15, 0.2) is 54.7 Å². The molecule has 1 aromatic carbocycles. The zero-order valence-electron chi connectivity index (χ0n) is 15.7. The molecular weight excluding hydrogens is 358 g/mol. The zero-order valence-corrected chi connectivity index (χ0v) is 15.7. The van der Waals surface area contributed by atoms with E-state index in [1.54, 1.807) is 0 Å². The maximum Gasteiger partial charge on any atom is 0.328 e. The second-order valence-electron chi connectivity index (χ2n) is 6.84. The number of aliphatic carboxylic acids is 2. The van der Waals surface area contributed by atoms with Gasteiger partial charge in [-0.3, -0.25) is 0 Å². The van der Waals surface area contributed by atoms with Crippen molar-refractivity contribution in [2.45, 2.75) is 12.5 Å². The van der Waals surface area contributed by atoms with Gasteiger partial charge in [0.05, 0.1) is 6.04 Å². The summed E-state index contributed by atoms with van der Waals surface area (Å²) in [5.74, 6) is -1.33. The third-order valence-corrected chi connectivity index (χ3v) is 4.89. The number of piperazine rings is 1. The predicted octanol–water partition coefficient (Wildman–Crippen LogP) is 2.19. The fourth-order valence-corrected chi connectivity index (χ4v) is 3.63. The molecule has 0 aliphatic carbocycles. The lowest BCUT2D eigenvalue weighted by Gasteiger charge is -2.41. The lowest BCUT2D eigenvalue weighted by Crippen LogP contribution is -2.47. The van der Waals surface area contributed by atoms with Gasteiger partial charge in [-0.05, 0) is 29.8 Å². The van der Waals surface area contributed by atoms with E-state index in [4.69, 9.17) is 10.2 Å². The number of fused-ring (bicyclic) bond motifs is 5. The minimum Gasteiger partial charge on any atom is -0.478 e. The number of nitrogens with zero attached hydrogens (tertiary/aromatic N) is 3. The standard InChI is InChI=1S/C17H19N3.C4H4O4/c1-19-9-10-20-16(12-19)15-7-3-2-5-13(15)11-14-6-4-8-18-17(14)20;5-3(6)1-2-4(7)8/h2-8,16H,9-12H2,1H3;1-2H,(H,5,6)(H,7,8). The molecule has 146 valence electrons. The molecule has 3 heterocycles. The molecule has 4 rings (SSSR count). The van der Waals surface area contributed by atoms with Crippen molar-refractivity contribution >= 4 is 17.8 Å². The third kappa shape index (κ3) is 4.55. The molecular formula is C21H23N3O4. The number of likely N-dealkylation sites (N-methyl/N-ethyl adjacent to an activating group) is 1. The molecule has 2 aliphatic rings. The highest BCUT2D eigenvalue weighted by atomic mass is 16.4. The molecule has 0 spiro atoms. The van der Waals surface area contributed by atoms with E-state index in [0.29, 0.717) is 18.2 Å². The van der Waals surface area contributed by atoms with Gasteiger partial charge in [0, 0.05) is 44.4 Å². The van der Waals surface area contributed by atoms with E-state index in [0.717, 1.165) is 26.1 Å². The number of benzene rings is 1. The molecule has 0 radical (unpaired) electrons. The van der Waals surface area contributed by atoms with E-state index in [1.807, 2.05) is 6.20 Å². The van der Waals surface area contributed by atoms with Crippen molar-refractivity contribution in [1.82, 2.24) is 9.88 Å². The van der Waals surface area contributed by atoms with Crippen LogP contribution in [0, 0.1) is 0 Å². The first-order valence-electron chi connectivity index (χ1n) is 9.06. The number of anilines is 1. The third-order valence-electron chi connectivity index (χ3n) is 4.89. The first kappa shape index (κ1) is 19.6. The van der Waals surface area contributed by atoms with E-state index in [2.05, 4.69) is 58.2 Å². The molecule has 2 aromatic rings. The lowest BCUT2D eigenvalue weighted by atomic mass is 9.96. The molecule has 1 fully saturated rings. The molecule has 28 heavy (non-hydrogen) atoms. The normalized spacial score (nSPS) is 18.2. The van der Waals surface area contributed by atoms with Gasteiger partial charge in [-0.1, -0.05) is 30.3 Å². The van der Waals surface area contributed by atoms with E-state index < -0.39 is 11.9 Å². The summed E-state index contributed by atoms with van der Waals surface area (Å²) in [6, 6.07) is 13.6. The number of carboxylic acid groups (broad SMARTS) is 2. The number of hydrogen-bond acceptors (Lipinski definition) is 5. The Bertz CT molecular complexity index is 881. The number of hydrogen-bond donors (Lipinski definition) is 2. The Morgan fingerprint density at radius 3 is 2.43 bits per heavy atom. The van der Waals surface area contributed by atoms with Gasteiger partial charge < -0.3 is 20.0 Å². The van der Waals surface area contributed by atoms with Gasteiger partial charge in [-0.2, -0.15) is 0 Å². The lowest BCUT2D eigenvalue weighted by molar-refractivity contribution is -0.134. The number of carbonyl (C=O) groups is 2. The molecule has 1 aromatic heterocycles. The van der Waals surface area contributed by atoms with Crippen molar-refractivity contribution in [1.29, 1.82) is 0 Å². The maximum absolute atomic E-state index is 9.55. The van der Waals surface area contributed by atoms with Gasteiger partial charge in [0.25, 0.3) is 0 Å². The van der Waals surface area contributed by atoms with Gasteiger partial charge in [-0.15, -0.1) is 0 Å². The molecule has 7 nitrogen and oxygen atoms in total. The van der Waals surface area contributed by atoms with Crippen LogP contribution < -0.4 is 4.90 Å². The molecule has 2 aliphatic heterocycles. The average Bonchev–Trinajstić information content (AvgIpc) is 2.81. The first-order valence-corrected chi connectivity index (χ1v) is 9.06. The number of carboxylic acids is 2. The van der Waals surface area contributed by atoms with Crippen molar-refractivity contribution in [2.75, 3.05) is 31.6 Å². The van der Waals surface area contributed by atoms with Gasteiger partial charge in [-0.25, -0.2) is 14.6 Å². The van der Waals surface area contributed by atoms with E-state index in [9.17, 15) is 9.59 Å². The van der Waals surface area contributed by atoms with E-state index in [-0.39, 0.29) is 0 Å². The van der Waals surface area contributed by atoms with Crippen LogP contribution in [-0.2, 0) is 16.0 Å². The maximum atomic E-state index is 9.55. The summed E-state index contributed by atoms with van der Waals surface area (Å²) in [5, 5.41) is 15.6. The quantitative estimate of drug-likeness (QED) is 0.770. The van der Waals surface area contributed by atoms with Gasteiger partial charge in [0.1, 0.15) is 5.82 Å². The Labute approximate surface area is 163 Å². The fourth-order valence-electron chi connectivity index (χ4n) is 3.63. The minimum atomic E-state index is -1.26. The molecule has 2 N–H and O–H groups in total. The van der Waals surface area contributed by atoms with Crippen LogP contribution in [0.2, 0.25) is 0 Å². The van der Waals surface area contributed by atoms with Crippen LogP contribution in [0.25, 0.3) is 0 Å². The SMILES string of the molecule is CN1CCN2c3ncccc3Cc3ccccc3C2C1.O=C(O)C=CC(=O)O. The smallest absolute Gasteiger partial charge is 0.328 e. The summed E-state index contributed by atoms with van der Waals surface area (Å²) in [4.78, 5) is 28.7. The second-order valence-corrected chi connectivity index (χ2v) is 6.84. The molecule has 1 saturated heterocycles. The minimum absolute atomic E-state index is 0.432. The van der Waals surface area contributed by atoms with E-state index >= 15 is 0 Å². The number of aromatic nitrogens is 1. The average molecular weight is 381 g/mol. The van der Waals surface area contributed by atoms with Crippen LogP contribution in [0.3, 0.4) is 0 Å². The highest BCUT2D eigenvalue weighted by molar-refractivity contribution is 5.89. The van der Waals surface area contributed by atoms with Crippen LogP contribution >= 0.6 is 0 Å². The van der Waals surface area contributed by atoms with Crippen molar-refractivity contribution in [3.05, 3.63) is 71.4 Å². The highest BCUT2D eigenvalue weighted by Gasteiger charge is 2.32. The topological polar surface area (TPSA) is 94.0 Å². The predicted molar refractivity (Wildman–Crippen MR) is 105 cm³/mol. The van der Waals surface area contributed by atoms with Crippen molar-refractivity contribution in [2.24, 2.45) is 0 Å². The molecule has 7 heteroatoms. The van der Waals surface area contributed by atoms with Gasteiger partial charge in [0.2, 0.25) is 0 Å². The summed E-state index contributed by atoms with van der Waals surface area (Å²) in [6.45, 7) is 3.24. The van der Waals surface area contributed by atoms with Crippen LogP contribution in [-0.4, -0.2) is 58.7 Å². The van der Waals surface area contributed by atoms with Gasteiger partial charge >= 0.3 is 11.9 Å². The molecule has 0 saturated carbocycles. The van der Waals surface area contributed by atoms with Crippen molar-refractivity contribution < 1.29 is 19.8 Å². The molecule has 0 amide bonds. The highest BCUT2D eigenvalue weighted by Crippen LogP contribution is 2.37. The number of pyridine rings is 1. The van der Waals surface area contributed by atoms with Crippen molar-refractivity contribution in [3.8, 4) is 0 Å². The fraction of sp³-hybridized carbons (Fsp3) is 0.286. The molecule has 1 atom stereocenters. The zero-order chi connectivity index (χ0) is 20.1. The summed E-state index contributed by atoms with van der Waals surface area (Å²) < 4.78 is 0. The Morgan fingerprint density at radius 1 is 1.04 bits per heavy atom. The first-order chi connectivity index (χ1) is 13.5. The Morgan fingerprint density at radius 2 is 1.71 bits per heavy atom. The summed E-state index contributed by atoms with van der Waals surface area (Å²) in [5.41, 5.74) is 4.27. The van der Waals surface area contributed by atoms with Crippen LogP contribution in [0.1, 0.15) is 22.7 Å². The molecule has 0 bridgehead atoms. The Kier molecular flexibility index (Phi) is 6.06. The second kappa shape index (κ2) is 8.67. The van der Waals surface area contributed by atoms with E-state index in [1.165, 1.54) is 22.5 Å². The van der Waals surface area contributed by atoms with Crippen LogP contribution in [0.5, 0.6) is 0 Å². The van der Waals surface area contributed by atoms with Crippen molar-refractivity contribution in [3.63, 3.8) is 0 Å². The van der Waals surface area contributed by atoms with Crippen LogP contribution in [0.4, 0.5) is 5.82 Å². The summed E-state index contributed by atoms with van der Waals surface area (Å²) in [6.07, 6.45) is 4.03. The Hall–Kier alpha value is -3.19. The summed E-state index contributed by atoms with van der Waals surface area (Å²) >= 11 is 0. The number of rotatable bonds is 2. The van der Waals surface area contributed by atoms with Gasteiger partial charge in [0.15, 0.2) is 0 Å². The Balaban J connectivity index is 0.000000242. The largest absolute Gasteiger partial charge is 0.478 e. The molecule has 1 unspecified atom stereocenters. The summed E-state index contributed by atoms with van der Waals surface area (Å²) in [7, 11) is 2.21.